The van der Waals surface area contributed by atoms with Crippen molar-refractivity contribution in [2.45, 2.75) is 26.3 Å². The third-order valence-corrected chi connectivity index (χ3v) is 2.38. The molecule has 2 nitrogen and oxygen atoms in total. The summed E-state index contributed by atoms with van der Waals surface area (Å²) in [5.74, 6) is 1.32. The molecule has 2 heteroatoms. The van der Waals surface area contributed by atoms with E-state index in [4.69, 9.17) is 10.5 Å². The fourth-order valence-corrected chi connectivity index (χ4v) is 1.68. The second-order valence-electron chi connectivity index (χ2n) is 3.36. The Balaban J connectivity index is 2.40. The van der Waals surface area contributed by atoms with E-state index in [9.17, 15) is 0 Å². The lowest BCUT2D eigenvalue weighted by Gasteiger charge is -2.31. The van der Waals surface area contributed by atoms with Crippen molar-refractivity contribution in [2.75, 3.05) is 13.2 Å². The van der Waals surface area contributed by atoms with E-state index in [1.807, 2.05) is 0 Å². The maximum Gasteiger partial charge on any atom is 0.0494 e. The Morgan fingerprint density at radius 2 is 2.30 bits per heavy atom. The first-order valence-electron chi connectivity index (χ1n) is 4.05. The Morgan fingerprint density at radius 3 is 2.70 bits per heavy atom. The van der Waals surface area contributed by atoms with Gasteiger partial charge in [-0.15, -0.1) is 0 Å². The number of rotatable bonds is 1. The van der Waals surface area contributed by atoms with Crippen molar-refractivity contribution < 1.29 is 4.74 Å². The molecule has 1 saturated heterocycles. The highest BCUT2D eigenvalue weighted by Crippen LogP contribution is 2.23. The third kappa shape index (κ3) is 1.70. The summed E-state index contributed by atoms with van der Waals surface area (Å²) in [5.41, 5.74) is 5.80. The highest BCUT2D eigenvalue weighted by molar-refractivity contribution is 4.76. The molecule has 0 radical (unpaired) electrons. The van der Waals surface area contributed by atoms with Crippen LogP contribution in [-0.4, -0.2) is 19.3 Å². The Hall–Kier alpha value is -0.0800. The number of hydrogen-bond donors (Lipinski definition) is 1. The molecule has 0 aliphatic carbocycles. The van der Waals surface area contributed by atoms with Crippen LogP contribution in [0, 0.1) is 11.8 Å². The van der Waals surface area contributed by atoms with Crippen LogP contribution in [-0.2, 0) is 4.74 Å². The molecular weight excluding hydrogens is 126 g/mol. The van der Waals surface area contributed by atoms with E-state index in [2.05, 4.69) is 13.8 Å². The highest BCUT2D eigenvalue weighted by Gasteiger charge is 2.24. The maximum atomic E-state index is 5.80. The van der Waals surface area contributed by atoms with Crippen molar-refractivity contribution in [3.63, 3.8) is 0 Å². The Morgan fingerprint density at radius 1 is 1.60 bits per heavy atom. The van der Waals surface area contributed by atoms with Crippen LogP contribution in [0.3, 0.4) is 0 Å². The average molecular weight is 143 g/mol. The zero-order chi connectivity index (χ0) is 7.56. The quantitative estimate of drug-likeness (QED) is 0.594. The van der Waals surface area contributed by atoms with Crippen LogP contribution in [0.5, 0.6) is 0 Å². The minimum atomic E-state index is 0.332. The van der Waals surface area contributed by atoms with Gasteiger partial charge in [0.1, 0.15) is 0 Å². The molecule has 0 bridgehead atoms. The monoisotopic (exact) mass is 143 g/mol. The van der Waals surface area contributed by atoms with Crippen molar-refractivity contribution in [3.8, 4) is 0 Å². The molecule has 1 aliphatic heterocycles. The van der Waals surface area contributed by atoms with E-state index in [0.717, 1.165) is 19.6 Å². The van der Waals surface area contributed by atoms with E-state index in [1.165, 1.54) is 0 Å². The minimum absolute atomic E-state index is 0.332. The zero-order valence-corrected chi connectivity index (χ0v) is 6.84. The van der Waals surface area contributed by atoms with Gasteiger partial charge in [-0.1, -0.05) is 6.92 Å². The van der Waals surface area contributed by atoms with Gasteiger partial charge in [-0.05, 0) is 25.2 Å². The van der Waals surface area contributed by atoms with Crippen LogP contribution >= 0.6 is 0 Å². The van der Waals surface area contributed by atoms with Gasteiger partial charge in [-0.2, -0.15) is 0 Å². The molecule has 1 fully saturated rings. The number of nitrogens with two attached hydrogens (primary N) is 1. The Labute approximate surface area is 62.7 Å². The van der Waals surface area contributed by atoms with Gasteiger partial charge in [-0.3, -0.25) is 0 Å². The average Bonchev–Trinajstić information content (AvgIpc) is 1.88. The van der Waals surface area contributed by atoms with Gasteiger partial charge in [0.25, 0.3) is 0 Å². The Kier molecular flexibility index (Phi) is 2.69. The highest BCUT2D eigenvalue weighted by atomic mass is 16.5. The largest absolute Gasteiger partial charge is 0.381 e. The smallest absolute Gasteiger partial charge is 0.0494 e. The summed E-state index contributed by atoms with van der Waals surface area (Å²) in [6.07, 6.45) is 1.14. The summed E-state index contributed by atoms with van der Waals surface area (Å²) in [7, 11) is 0. The molecule has 2 N–H and O–H groups in total. The van der Waals surface area contributed by atoms with Gasteiger partial charge in [0.15, 0.2) is 0 Å². The molecule has 0 aromatic heterocycles. The summed E-state index contributed by atoms with van der Waals surface area (Å²) in [4.78, 5) is 0. The van der Waals surface area contributed by atoms with Crippen LogP contribution in [0.25, 0.3) is 0 Å². The minimum Gasteiger partial charge on any atom is -0.381 e. The topological polar surface area (TPSA) is 35.2 Å². The van der Waals surface area contributed by atoms with Crippen molar-refractivity contribution in [1.82, 2.24) is 0 Å². The summed E-state index contributed by atoms with van der Waals surface area (Å²) in [6, 6.07) is 0.332. The third-order valence-electron chi connectivity index (χ3n) is 2.38. The molecule has 3 unspecified atom stereocenters. The molecule has 1 heterocycles. The lowest BCUT2D eigenvalue weighted by atomic mass is 9.85. The first-order valence-corrected chi connectivity index (χ1v) is 4.05. The SMILES string of the molecule is CC(N)C1CCOCC1C. The number of hydrogen-bond acceptors (Lipinski definition) is 2. The fourth-order valence-electron chi connectivity index (χ4n) is 1.68. The van der Waals surface area contributed by atoms with E-state index >= 15 is 0 Å². The van der Waals surface area contributed by atoms with E-state index in [0.29, 0.717) is 17.9 Å². The predicted molar refractivity (Wildman–Crippen MR) is 41.7 cm³/mol. The lowest BCUT2D eigenvalue weighted by molar-refractivity contribution is 0.0176. The Bertz CT molecular complexity index is 103. The molecule has 1 rings (SSSR count). The molecule has 0 aromatic carbocycles. The van der Waals surface area contributed by atoms with Crippen molar-refractivity contribution in [3.05, 3.63) is 0 Å². The molecule has 1 aliphatic rings. The van der Waals surface area contributed by atoms with Crippen molar-refractivity contribution in [2.24, 2.45) is 17.6 Å². The van der Waals surface area contributed by atoms with Crippen LogP contribution in [0.1, 0.15) is 20.3 Å². The summed E-state index contributed by atoms with van der Waals surface area (Å²) in [5, 5.41) is 0. The van der Waals surface area contributed by atoms with Crippen molar-refractivity contribution >= 4 is 0 Å². The van der Waals surface area contributed by atoms with Gasteiger partial charge >= 0.3 is 0 Å². The summed E-state index contributed by atoms with van der Waals surface area (Å²) < 4.78 is 5.31. The first kappa shape index (κ1) is 8.02. The van der Waals surface area contributed by atoms with Gasteiger partial charge in [0.05, 0.1) is 0 Å². The fraction of sp³-hybridized carbons (Fsp3) is 1.00. The van der Waals surface area contributed by atoms with Gasteiger partial charge in [-0.25, -0.2) is 0 Å². The normalized spacial score (nSPS) is 37.5. The standard InChI is InChI=1S/C8H17NO/c1-6-5-10-4-3-8(6)7(2)9/h6-8H,3-5,9H2,1-2H3. The molecule has 0 spiro atoms. The molecule has 0 saturated carbocycles. The molecule has 60 valence electrons. The molecule has 3 atom stereocenters. The van der Waals surface area contributed by atoms with E-state index < -0.39 is 0 Å². The van der Waals surface area contributed by atoms with Crippen molar-refractivity contribution in [1.29, 1.82) is 0 Å². The second-order valence-corrected chi connectivity index (χ2v) is 3.36. The van der Waals surface area contributed by atoms with E-state index in [-0.39, 0.29) is 0 Å². The van der Waals surface area contributed by atoms with E-state index in [1.54, 1.807) is 0 Å². The number of ether oxygens (including phenoxy) is 1. The maximum absolute atomic E-state index is 5.80. The molecule has 10 heavy (non-hydrogen) atoms. The zero-order valence-electron chi connectivity index (χ0n) is 6.84. The first-order chi connectivity index (χ1) is 4.72. The van der Waals surface area contributed by atoms with Gasteiger partial charge in [0, 0.05) is 19.3 Å². The molecule has 0 aromatic rings. The van der Waals surface area contributed by atoms with Crippen LogP contribution < -0.4 is 5.73 Å². The van der Waals surface area contributed by atoms with Gasteiger partial charge < -0.3 is 10.5 Å². The molecule has 0 amide bonds. The van der Waals surface area contributed by atoms with Crippen LogP contribution in [0.15, 0.2) is 0 Å². The second kappa shape index (κ2) is 3.35. The van der Waals surface area contributed by atoms with Crippen LogP contribution in [0.2, 0.25) is 0 Å². The lowest BCUT2D eigenvalue weighted by Crippen LogP contribution is -2.37. The molecular formula is C8H17NO. The van der Waals surface area contributed by atoms with Gasteiger partial charge in [0.2, 0.25) is 0 Å². The summed E-state index contributed by atoms with van der Waals surface area (Å²) in [6.45, 7) is 6.10. The predicted octanol–water partition coefficient (Wildman–Crippen LogP) is 1.01. The summed E-state index contributed by atoms with van der Waals surface area (Å²) >= 11 is 0. The van der Waals surface area contributed by atoms with Crippen LogP contribution in [0.4, 0.5) is 0 Å².